The van der Waals surface area contributed by atoms with Gasteiger partial charge in [0.2, 0.25) is 0 Å². The number of nitrogens with zero attached hydrogens (tertiary/aromatic N) is 1. The molecule has 0 saturated carbocycles. The van der Waals surface area contributed by atoms with E-state index in [1.165, 1.54) is 11.3 Å². The fourth-order valence-electron chi connectivity index (χ4n) is 1.72. The molecule has 0 radical (unpaired) electrons. The van der Waals surface area contributed by atoms with E-state index in [2.05, 4.69) is 48.5 Å². The van der Waals surface area contributed by atoms with Crippen LogP contribution in [-0.4, -0.2) is 31.1 Å². The molecule has 0 bridgehead atoms. The second-order valence-corrected chi connectivity index (χ2v) is 5.91. The van der Waals surface area contributed by atoms with Crippen molar-refractivity contribution in [3.05, 3.63) is 22.4 Å². The van der Waals surface area contributed by atoms with Gasteiger partial charge < -0.3 is 5.32 Å². The summed E-state index contributed by atoms with van der Waals surface area (Å²) < 4.78 is 0. The Bertz CT molecular complexity index is 270. The van der Waals surface area contributed by atoms with Crippen LogP contribution in [0.3, 0.4) is 0 Å². The van der Waals surface area contributed by atoms with E-state index in [0.29, 0.717) is 0 Å². The van der Waals surface area contributed by atoms with Crippen LogP contribution in [0.25, 0.3) is 0 Å². The summed E-state index contributed by atoms with van der Waals surface area (Å²) in [5.74, 6) is 0.802. The highest BCUT2D eigenvalue weighted by atomic mass is 32.1. The number of hydrogen-bond acceptors (Lipinski definition) is 3. The lowest BCUT2D eigenvalue weighted by molar-refractivity contribution is 0.281. The summed E-state index contributed by atoms with van der Waals surface area (Å²) in [7, 11) is 0. The third-order valence-electron chi connectivity index (χ3n) is 2.91. The Kier molecular flexibility index (Phi) is 7.49. The Hall–Kier alpha value is -0.380. The van der Waals surface area contributed by atoms with Gasteiger partial charge in [-0.2, -0.15) is 0 Å². The Balaban J connectivity index is 2.10. The Morgan fingerprint density at radius 3 is 2.76 bits per heavy atom. The monoisotopic (exact) mass is 254 g/mol. The van der Waals surface area contributed by atoms with Gasteiger partial charge in [0.1, 0.15) is 0 Å². The van der Waals surface area contributed by atoms with E-state index in [0.717, 1.165) is 38.6 Å². The average molecular weight is 254 g/mol. The maximum atomic E-state index is 3.52. The van der Waals surface area contributed by atoms with E-state index in [4.69, 9.17) is 0 Å². The van der Waals surface area contributed by atoms with Gasteiger partial charge in [0.25, 0.3) is 0 Å². The van der Waals surface area contributed by atoms with Crippen molar-refractivity contribution in [2.24, 2.45) is 5.92 Å². The number of likely N-dealkylation sites (N-methyl/N-ethyl adjacent to an activating group) is 1. The molecule has 1 N–H and O–H groups in total. The molecular weight excluding hydrogens is 228 g/mol. The minimum atomic E-state index is 0.802. The van der Waals surface area contributed by atoms with Crippen molar-refractivity contribution >= 4 is 11.3 Å². The summed E-state index contributed by atoms with van der Waals surface area (Å²) in [5.41, 5.74) is 0. The summed E-state index contributed by atoms with van der Waals surface area (Å²) in [6.45, 7) is 12.4. The van der Waals surface area contributed by atoms with Gasteiger partial charge in [-0.05, 0) is 36.9 Å². The van der Waals surface area contributed by atoms with Crippen molar-refractivity contribution in [3.63, 3.8) is 0 Å². The molecule has 0 fully saturated rings. The number of nitrogens with one attached hydrogen (secondary N) is 1. The highest BCUT2D eigenvalue weighted by molar-refractivity contribution is 7.09. The number of rotatable bonds is 9. The van der Waals surface area contributed by atoms with Gasteiger partial charge in [-0.25, -0.2) is 0 Å². The predicted octanol–water partition coefficient (Wildman–Crippen LogP) is 3.21. The van der Waals surface area contributed by atoms with E-state index in [1.807, 2.05) is 11.3 Å². The molecule has 2 nitrogen and oxygen atoms in total. The summed E-state index contributed by atoms with van der Waals surface area (Å²) in [6.07, 6.45) is 1.27. The van der Waals surface area contributed by atoms with Gasteiger partial charge in [0, 0.05) is 24.5 Å². The molecule has 0 spiro atoms. The first-order valence-corrected chi connectivity index (χ1v) is 7.55. The van der Waals surface area contributed by atoms with Crippen LogP contribution in [0.1, 0.15) is 32.1 Å². The van der Waals surface area contributed by atoms with Crippen LogP contribution in [-0.2, 0) is 6.54 Å². The van der Waals surface area contributed by atoms with Crippen LogP contribution >= 0.6 is 11.3 Å². The van der Waals surface area contributed by atoms with Crippen molar-refractivity contribution in [2.75, 3.05) is 26.2 Å². The van der Waals surface area contributed by atoms with Crippen molar-refractivity contribution in [1.29, 1.82) is 0 Å². The molecule has 0 aliphatic heterocycles. The molecule has 0 aromatic carbocycles. The van der Waals surface area contributed by atoms with Crippen LogP contribution in [0.4, 0.5) is 0 Å². The van der Waals surface area contributed by atoms with Crippen LogP contribution in [0, 0.1) is 5.92 Å². The molecule has 98 valence electrons. The molecule has 0 atom stereocenters. The molecule has 17 heavy (non-hydrogen) atoms. The molecule has 1 rings (SSSR count). The Morgan fingerprint density at radius 2 is 2.18 bits per heavy atom. The van der Waals surface area contributed by atoms with Crippen LogP contribution < -0.4 is 5.32 Å². The molecule has 0 amide bonds. The lowest BCUT2D eigenvalue weighted by Gasteiger charge is -2.19. The minimum Gasteiger partial charge on any atom is -0.315 e. The average Bonchev–Trinajstić information content (AvgIpc) is 2.79. The van der Waals surface area contributed by atoms with Crippen LogP contribution in [0.15, 0.2) is 17.5 Å². The van der Waals surface area contributed by atoms with Gasteiger partial charge >= 0.3 is 0 Å². The second-order valence-electron chi connectivity index (χ2n) is 4.88. The van der Waals surface area contributed by atoms with Crippen LogP contribution in [0.5, 0.6) is 0 Å². The fourth-order valence-corrected chi connectivity index (χ4v) is 2.47. The summed E-state index contributed by atoms with van der Waals surface area (Å²) in [6, 6.07) is 4.36. The van der Waals surface area contributed by atoms with E-state index in [-0.39, 0.29) is 0 Å². The first-order chi connectivity index (χ1) is 8.22. The fraction of sp³-hybridized carbons (Fsp3) is 0.714. The SMILES string of the molecule is CCN(CCNCCC(C)C)Cc1cccs1. The maximum Gasteiger partial charge on any atom is 0.0328 e. The first kappa shape index (κ1) is 14.7. The van der Waals surface area contributed by atoms with E-state index in [9.17, 15) is 0 Å². The topological polar surface area (TPSA) is 15.3 Å². The smallest absolute Gasteiger partial charge is 0.0328 e. The Labute approximate surface area is 110 Å². The first-order valence-electron chi connectivity index (χ1n) is 6.67. The van der Waals surface area contributed by atoms with Crippen molar-refractivity contribution in [3.8, 4) is 0 Å². The van der Waals surface area contributed by atoms with Crippen molar-refractivity contribution in [2.45, 2.75) is 33.7 Å². The normalized spacial score (nSPS) is 11.6. The molecule has 1 heterocycles. The van der Waals surface area contributed by atoms with Crippen molar-refractivity contribution in [1.82, 2.24) is 10.2 Å². The van der Waals surface area contributed by atoms with Gasteiger partial charge in [0.05, 0.1) is 0 Å². The third-order valence-corrected chi connectivity index (χ3v) is 3.77. The van der Waals surface area contributed by atoms with Gasteiger partial charge in [-0.3, -0.25) is 4.90 Å². The van der Waals surface area contributed by atoms with Crippen LogP contribution in [0.2, 0.25) is 0 Å². The lowest BCUT2D eigenvalue weighted by atomic mass is 10.1. The molecular formula is C14H26N2S. The van der Waals surface area contributed by atoms with Crippen molar-refractivity contribution < 1.29 is 0 Å². The molecule has 1 aromatic heterocycles. The number of thiophene rings is 1. The predicted molar refractivity (Wildman–Crippen MR) is 77.6 cm³/mol. The molecule has 0 unspecified atom stereocenters. The molecule has 0 aliphatic rings. The quantitative estimate of drug-likeness (QED) is 0.681. The largest absolute Gasteiger partial charge is 0.315 e. The van der Waals surface area contributed by atoms with E-state index >= 15 is 0 Å². The second kappa shape index (κ2) is 8.67. The summed E-state index contributed by atoms with van der Waals surface area (Å²) in [4.78, 5) is 3.96. The van der Waals surface area contributed by atoms with Gasteiger partial charge in [-0.1, -0.05) is 26.8 Å². The standard InChI is InChI=1S/C14H26N2S/c1-4-16(12-14-6-5-11-17-14)10-9-15-8-7-13(2)3/h5-6,11,13,15H,4,7-10,12H2,1-3H3. The summed E-state index contributed by atoms with van der Waals surface area (Å²) in [5, 5.41) is 5.68. The van der Waals surface area contributed by atoms with E-state index in [1.54, 1.807) is 0 Å². The maximum absolute atomic E-state index is 3.52. The Morgan fingerprint density at radius 1 is 1.35 bits per heavy atom. The number of hydrogen-bond donors (Lipinski definition) is 1. The summed E-state index contributed by atoms with van der Waals surface area (Å²) >= 11 is 1.85. The zero-order valence-electron chi connectivity index (χ0n) is 11.4. The zero-order chi connectivity index (χ0) is 12.5. The molecule has 3 heteroatoms. The highest BCUT2D eigenvalue weighted by Gasteiger charge is 2.03. The molecule has 0 aliphatic carbocycles. The lowest BCUT2D eigenvalue weighted by Crippen LogP contribution is -2.32. The van der Waals surface area contributed by atoms with E-state index < -0.39 is 0 Å². The molecule has 1 aromatic rings. The zero-order valence-corrected chi connectivity index (χ0v) is 12.2. The highest BCUT2D eigenvalue weighted by Crippen LogP contribution is 2.11. The van der Waals surface area contributed by atoms with Gasteiger partial charge in [-0.15, -0.1) is 11.3 Å². The minimum absolute atomic E-state index is 0.802. The third kappa shape index (κ3) is 6.81. The molecule has 0 saturated heterocycles. The van der Waals surface area contributed by atoms with Gasteiger partial charge in [0.15, 0.2) is 0 Å².